The molecule has 0 radical (unpaired) electrons. The van der Waals surface area contributed by atoms with Crippen molar-refractivity contribution in [2.24, 2.45) is 0 Å². The molecule has 0 aliphatic heterocycles. The zero-order valence-corrected chi connectivity index (χ0v) is 8.65. The fraction of sp³-hybridized carbons (Fsp3) is 0. The van der Waals surface area contributed by atoms with E-state index in [2.05, 4.69) is 32.8 Å². The molecule has 0 unspecified atom stereocenters. The summed E-state index contributed by atoms with van der Waals surface area (Å²) in [7, 11) is 0. The van der Waals surface area contributed by atoms with Crippen LogP contribution in [0.4, 0.5) is 4.39 Å². The van der Waals surface area contributed by atoms with Gasteiger partial charge in [0.1, 0.15) is 11.3 Å². The highest BCUT2D eigenvalue weighted by molar-refractivity contribution is 14.1. The first kappa shape index (κ1) is 8.25. The third-order valence-corrected chi connectivity index (χ3v) is 3.36. The van der Waals surface area contributed by atoms with Crippen LogP contribution in [0.3, 0.4) is 0 Å². The molecule has 0 saturated heterocycles. The minimum Gasteiger partial charge on any atom is -0.275 e. The molecule has 2 nitrogen and oxygen atoms in total. The van der Waals surface area contributed by atoms with E-state index in [1.54, 1.807) is 6.20 Å². The van der Waals surface area contributed by atoms with Crippen molar-refractivity contribution in [2.75, 3.05) is 0 Å². The highest BCUT2D eigenvalue weighted by Crippen LogP contribution is 2.28. The summed E-state index contributed by atoms with van der Waals surface area (Å²) in [5, 5.41) is 7.44. The number of aromatic nitrogens is 2. The molecule has 0 saturated carbocycles. The summed E-state index contributed by atoms with van der Waals surface area (Å²) in [6.07, 6.45) is 1.56. The molecule has 2 rings (SSSR count). The number of halogens is 3. The molecule has 1 aromatic heterocycles. The Labute approximate surface area is 86.2 Å². The molecular weight excluding hydrogens is 293 g/mol. The average Bonchev–Trinajstić information content (AvgIpc) is 2.48. The number of benzene rings is 1. The number of nitrogens with one attached hydrogen (secondary N) is 1. The zero-order chi connectivity index (χ0) is 8.72. The number of H-pyrrole nitrogens is 1. The summed E-state index contributed by atoms with van der Waals surface area (Å²) in [4.78, 5) is 0. The molecule has 1 heterocycles. The number of aromatic amines is 1. The Kier molecular flexibility index (Phi) is 1.96. The molecular formula is C7H3ClFIN2. The van der Waals surface area contributed by atoms with E-state index < -0.39 is 0 Å². The predicted molar refractivity (Wildman–Crippen MR) is 53.8 cm³/mol. The smallest absolute Gasteiger partial charge is 0.150 e. The summed E-state index contributed by atoms with van der Waals surface area (Å²) in [5.74, 6) is -0.368. The predicted octanol–water partition coefficient (Wildman–Crippen LogP) is 2.96. The van der Waals surface area contributed by atoms with Gasteiger partial charge in [0, 0.05) is 8.96 Å². The first-order valence-electron chi connectivity index (χ1n) is 3.16. The van der Waals surface area contributed by atoms with E-state index in [1.807, 2.05) is 0 Å². The number of fused-ring (bicyclic) bond motifs is 1. The van der Waals surface area contributed by atoms with Crippen molar-refractivity contribution in [3.05, 3.63) is 26.7 Å². The van der Waals surface area contributed by atoms with Gasteiger partial charge in [0.05, 0.1) is 11.2 Å². The Morgan fingerprint density at radius 2 is 2.33 bits per heavy atom. The van der Waals surface area contributed by atoms with Crippen LogP contribution in [0.2, 0.25) is 5.02 Å². The van der Waals surface area contributed by atoms with Crippen molar-refractivity contribution in [1.29, 1.82) is 0 Å². The Morgan fingerprint density at radius 1 is 1.58 bits per heavy atom. The number of nitrogens with zero attached hydrogens (tertiary/aromatic N) is 1. The lowest BCUT2D eigenvalue weighted by molar-refractivity contribution is 0.636. The monoisotopic (exact) mass is 296 g/mol. The molecule has 1 aromatic carbocycles. The summed E-state index contributed by atoms with van der Waals surface area (Å²) >= 11 is 7.82. The SMILES string of the molecule is Fc1cc(Cl)c(I)c2cn[nH]c12. The molecule has 2 aromatic rings. The van der Waals surface area contributed by atoms with Gasteiger partial charge in [-0.25, -0.2) is 4.39 Å². The van der Waals surface area contributed by atoms with Crippen molar-refractivity contribution in [3.63, 3.8) is 0 Å². The summed E-state index contributed by atoms with van der Waals surface area (Å²) in [6, 6.07) is 1.28. The van der Waals surface area contributed by atoms with Gasteiger partial charge in [-0.1, -0.05) is 11.6 Å². The van der Waals surface area contributed by atoms with Crippen LogP contribution in [0.25, 0.3) is 10.9 Å². The van der Waals surface area contributed by atoms with Crippen LogP contribution >= 0.6 is 34.2 Å². The van der Waals surface area contributed by atoms with Gasteiger partial charge < -0.3 is 0 Å². The molecule has 0 atom stereocenters. The number of hydrogen-bond acceptors (Lipinski definition) is 1. The third kappa shape index (κ3) is 1.09. The molecule has 0 amide bonds. The van der Waals surface area contributed by atoms with E-state index in [-0.39, 0.29) is 5.82 Å². The third-order valence-electron chi connectivity index (χ3n) is 1.58. The van der Waals surface area contributed by atoms with Gasteiger partial charge in [-0.2, -0.15) is 5.10 Å². The second-order valence-corrected chi connectivity index (χ2v) is 3.80. The largest absolute Gasteiger partial charge is 0.275 e. The van der Waals surface area contributed by atoms with Crippen LogP contribution in [-0.2, 0) is 0 Å². The molecule has 0 spiro atoms. The van der Waals surface area contributed by atoms with E-state index >= 15 is 0 Å². The van der Waals surface area contributed by atoms with Crippen molar-refractivity contribution >= 4 is 45.1 Å². The average molecular weight is 296 g/mol. The molecule has 0 aliphatic rings. The zero-order valence-electron chi connectivity index (χ0n) is 5.74. The van der Waals surface area contributed by atoms with E-state index in [0.29, 0.717) is 10.5 Å². The summed E-state index contributed by atoms with van der Waals surface area (Å²) < 4.78 is 13.9. The maximum absolute atomic E-state index is 13.1. The van der Waals surface area contributed by atoms with E-state index in [9.17, 15) is 4.39 Å². The van der Waals surface area contributed by atoms with Crippen molar-refractivity contribution < 1.29 is 4.39 Å². The Morgan fingerprint density at radius 3 is 3.08 bits per heavy atom. The molecule has 0 bridgehead atoms. The molecule has 12 heavy (non-hydrogen) atoms. The molecule has 62 valence electrons. The van der Waals surface area contributed by atoms with Crippen molar-refractivity contribution in [1.82, 2.24) is 10.2 Å². The lowest BCUT2D eigenvalue weighted by Crippen LogP contribution is -1.82. The second-order valence-electron chi connectivity index (χ2n) is 2.31. The fourth-order valence-corrected chi connectivity index (χ4v) is 1.77. The Balaban J connectivity index is 2.97. The maximum Gasteiger partial charge on any atom is 0.150 e. The van der Waals surface area contributed by atoms with Gasteiger partial charge in [0.2, 0.25) is 0 Å². The van der Waals surface area contributed by atoms with E-state index in [4.69, 9.17) is 11.6 Å². The van der Waals surface area contributed by atoms with E-state index in [1.165, 1.54) is 6.07 Å². The van der Waals surface area contributed by atoms with Crippen LogP contribution < -0.4 is 0 Å². The van der Waals surface area contributed by atoms with Crippen LogP contribution in [0.15, 0.2) is 12.3 Å². The van der Waals surface area contributed by atoms with Crippen molar-refractivity contribution in [3.8, 4) is 0 Å². The normalized spacial score (nSPS) is 10.9. The van der Waals surface area contributed by atoms with Crippen LogP contribution in [0.5, 0.6) is 0 Å². The standard InChI is InChI=1S/C7H3ClFIN2/c8-4-1-5(9)7-3(6(4)10)2-11-12-7/h1-2H,(H,11,12). The maximum atomic E-state index is 13.1. The Hall–Kier alpha value is -0.360. The van der Waals surface area contributed by atoms with Gasteiger partial charge in [0.15, 0.2) is 0 Å². The van der Waals surface area contributed by atoms with Crippen LogP contribution in [0, 0.1) is 9.39 Å². The second kappa shape index (κ2) is 2.85. The highest BCUT2D eigenvalue weighted by atomic mass is 127. The van der Waals surface area contributed by atoms with Gasteiger partial charge in [0.25, 0.3) is 0 Å². The lowest BCUT2D eigenvalue weighted by Gasteiger charge is -1.97. The van der Waals surface area contributed by atoms with E-state index in [0.717, 1.165) is 8.96 Å². The Bertz CT molecular complexity index is 440. The first-order valence-corrected chi connectivity index (χ1v) is 4.62. The van der Waals surface area contributed by atoms with Gasteiger partial charge in [-0.15, -0.1) is 0 Å². The molecule has 0 aliphatic carbocycles. The number of rotatable bonds is 0. The van der Waals surface area contributed by atoms with Gasteiger partial charge in [-0.3, -0.25) is 5.10 Å². The van der Waals surface area contributed by atoms with Gasteiger partial charge >= 0.3 is 0 Å². The first-order chi connectivity index (χ1) is 5.70. The quantitative estimate of drug-likeness (QED) is 0.587. The van der Waals surface area contributed by atoms with Crippen LogP contribution in [0.1, 0.15) is 0 Å². The summed E-state index contributed by atoms with van der Waals surface area (Å²) in [6.45, 7) is 0. The molecule has 0 fully saturated rings. The minimum absolute atomic E-state index is 0.368. The minimum atomic E-state index is -0.368. The lowest BCUT2D eigenvalue weighted by atomic mass is 10.2. The van der Waals surface area contributed by atoms with Gasteiger partial charge in [-0.05, 0) is 28.7 Å². The number of hydrogen-bond donors (Lipinski definition) is 1. The molecule has 1 N–H and O–H groups in total. The van der Waals surface area contributed by atoms with Crippen LogP contribution in [-0.4, -0.2) is 10.2 Å². The summed E-state index contributed by atoms with van der Waals surface area (Å²) in [5.41, 5.74) is 0.406. The van der Waals surface area contributed by atoms with Crippen molar-refractivity contribution in [2.45, 2.75) is 0 Å². The fourth-order valence-electron chi connectivity index (χ4n) is 1.01. The molecule has 5 heteroatoms. The topological polar surface area (TPSA) is 28.7 Å². The highest BCUT2D eigenvalue weighted by Gasteiger charge is 2.09.